The van der Waals surface area contributed by atoms with Gasteiger partial charge in [0.25, 0.3) is 0 Å². The first-order valence-electron chi connectivity index (χ1n) is 6.99. The van der Waals surface area contributed by atoms with Crippen LogP contribution in [0.3, 0.4) is 0 Å². The second-order valence-corrected chi connectivity index (χ2v) is 5.92. The topological polar surface area (TPSA) is 29.5 Å². The van der Waals surface area contributed by atoms with Gasteiger partial charge in [-0.15, -0.1) is 11.8 Å². The van der Waals surface area contributed by atoms with Gasteiger partial charge in [-0.05, 0) is 18.2 Å². The third-order valence-corrected chi connectivity index (χ3v) is 4.41. The van der Waals surface area contributed by atoms with Gasteiger partial charge in [-0.2, -0.15) is 0 Å². The van der Waals surface area contributed by atoms with E-state index in [2.05, 4.69) is 0 Å². The molecule has 0 fully saturated rings. The highest BCUT2D eigenvalue weighted by atomic mass is 32.2. The zero-order valence-electron chi connectivity index (χ0n) is 11.7. The number of carbonyl (C=O) groups excluding carboxylic acids is 1. The summed E-state index contributed by atoms with van der Waals surface area (Å²) in [7, 11) is 0. The Balaban J connectivity index is 1.63. The molecule has 0 saturated carbocycles. The molecular weight excluding hydrogens is 282 g/mol. The predicted octanol–water partition coefficient (Wildman–Crippen LogP) is 3.20. The van der Waals surface area contributed by atoms with E-state index in [9.17, 15) is 4.79 Å². The zero-order chi connectivity index (χ0) is 14.5. The van der Waals surface area contributed by atoms with Crippen LogP contribution in [-0.4, -0.2) is 29.7 Å². The van der Waals surface area contributed by atoms with Crippen molar-refractivity contribution < 1.29 is 9.53 Å². The number of carbonyl (C=O) groups is 1. The number of ether oxygens (including phenoxy) is 1. The van der Waals surface area contributed by atoms with E-state index in [4.69, 9.17) is 4.74 Å². The second-order valence-electron chi connectivity index (χ2n) is 4.87. The molecule has 3 rings (SSSR count). The Hall–Kier alpha value is -1.94. The van der Waals surface area contributed by atoms with Crippen molar-refractivity contribution in [2.45, 2.75) is 11.4 Å². The van der Waals surface area contributed by atoms with Crippen LogP contribution in [0.4, 0.5) is 0 Å². The van der Waals surface area contributed by atoms with Crippen molar-refractivity contribution in [3.05, 3.63) is 60.2 Å². The van der Waals surface area contributed by atoms with Gasteiger partial charge in [0.2, 0.25) is 5.91 Å². The monoisotopic (exact) mass is 299 g/mol. The van der Waals surface area contributed by atoms with Gasteiger partial charge in [-0.3, -0.25) is 4.79 Å². The molecule has 2 aromatic carbocycles. The van der Waals surface area contributed by atoms with Crippen LogP contribution in [0, 0.1) is 0 Å². The Bertz CT molecular complexity index is 615. The first kappa shape index (κ1) is 14.0. The number of hydrogen-bond acceptors (Lipinski definition) is 3. The lowest BCUT2D eigenvalue weighted by atomic mass is 10.2. The molecule has 1 amide bonds. The Morgan fingerprint density at radius 1 is 1.10 bits per heavy atom. The maximum absolute atomic E-state index is 12.4. The molecule has 4 heteroatoms. The smallest absolute Gasteiger partial charge is 0.233 e. The maximum Gasteiger partial charge on any atom is 0.233 e. The standard InChI is InChI=1S/C17H17NO2S/c19-17(13-21-15-7-2-1-3-8-15)18-10-11-20-16-9-5-4-6-14(16)12-18/h1-9H,10-13H2. The molecule has 0 unspecified atom stereocenters. The molecule has 0 aromatic heterocycles. The Labute approximate surface area is 128 Å². The molecule has 0 spiro atoms. The van der Waals surface area contributed by atoms with Crippen LogP contribution in [0.15, 0.2) is 59.5 Å². The number of benzene rings is 2. The minimum Gasteiger partial charge on any atom is -0.491 e. The molecule has 0 N–H and O–H groups in total. The molecule has 1 aliphatic rings. The van der Waals surface area contributed by atoms with E-state index >= 15 is 0 Å². The first-order valence-corrected chi connectivity index (χ1v) is 7.98. The summed E-state index contributed by atoms with van der Waals surface area (Å²) < 4.78 is 5.69. The van der Waals surface area contributed by atoms with E-state index in [-0.39, 0.29) is 5.91 Å². The second kappa shape index (κ2) is 6.68. The van der Waals surface area contributed by atoms with Crippen molar-refractivity contribution in [2.24, 2.45) is 0 Å². The molecule has 3 nitrogen and oxygen atoms in total. The molecule has 1 heterocycles. The molecular formula is C17H17NO2S. The minimum atomic E-state index is 0.157. The molecule has 0 saturated heterocycles. The van der Waals surface area contributed by atoms with Crippen LogP contribution in [0.25, 0.3) is 0 Å². The van der Waals surface area contributed by atoms with Gasteiger partial charge in [-0.1, -0.05) is 36.4 Å². The number of para-hydroxylation sites is 1. The van der Waals surface area contributed by atoms with E-state index in [1.807, 2.05) is 59.5 Å². The van der Waals surface area contributed by atoms with Gasteiger partial charge in [0, 0.05) is 17.0 Å². The molecule has 2 aromatic rings. The third-order valence-electron chi connectivity index (χ3n) is 3.41. The minimum absolute atomic E-state index is 0.157. The number of amides is 1. The van der Waals surface area contributed by atoms with Crippen molar-refractivity contribution in [1.29, 1.82) is 0 Å². The summed E-state index contributed by atoms with van der Waals surface area (Å²) in [5, 5.41) is 0. The lowest BCUT2D eigenvalue weighted by Gasteiger charge is -2.19. The number of rotatable bonds is 3. The van der Waals surface area contributed by atoms with Gasteiger partial charge in [-0.25, -0.2) is 0 Å². The number of fused-ring (bicyclic) bond motifs is 1. The average molecular weight is 299 g/mol. The third kappa shape index (κ3) is 3.58. The molecule has 0 radical (unpaired) electrons. The highest BCUT2D eigenvalue weighted by Gasteiger charge is 2.19. The predicted molar refractivity (Wildman–Crippen MR) is 84.5 cm³/mol. The molecule has 108 valence electrons. The lowest BCUT2D eigenvalue weighted by Crippen LogP contribution is -2.33. The van der Waals surface area contributed by atoms with E-state index < -0.39 is 0 Å². The Kier molecular flexibility index (Phi) is 4.46. The van der Waals surface area contributed by atoms with Crippen LogP contribution in [0.5, 0.6) is 5.75 Å². The molecule has 0 atom stereocenters. The SMILES string of the molecule is O=C(CSc1ccccc1)N1CCOc2ccccc2C1. The highest BCUT2D eigenvalue weighted by Crippen LogP contribution is 2.23. The fourth-order valence-corrected chi connectivity index (χ4v) is 3.11. The number of nitrogens with zero attached hydrogens (tertiary/aromatic N) is 1. The summed E-state index contributed by atoms with van der Waals surface area (Å²) in [5.74, 6) is 1.51. The zero-order valence-corrected chi connectivity index (χ0v) is 12.5. The number of thioether (sulfide) groups is 1. The normalized spacial score (nSPS) is 14.0. The van der Waals surface area contributed by atoms with Gasteiger partial charge >= 0.3 is 0 Å². The summed E-state index contributed by atoms with van der Waals surface area (Å²) in [4.78, 5) is 15.4. The van der Waals surface area contributed by atoms with Crippen molar-refractivity contribution in [3.8, 4) is 5.75 Å². The largest absolute Gasteiger partial charge is 0.491 e. The van der Waals surface area contributed by atoms with Gasteiger partial charge in [0.15, 0.2) is 0 Å². The first-order chi connectivity index (χ1) is 10.3. The van der Waals surface area contributed by atoms with Crippen molar-refractivity contribution in [3.63, 3.8) is 0 Å². The maximum atomic E-state index is 12.4. The van der Waals surface area contributed by atoms with Crippen LogP contribution in [0.1, 0.15) is 5.56 Å². The Morgan fingerprint density at radius 3 is 2.71 bits per heavy atom. The van der Waals surface area contributed by atoms with Crippen molar-refractivity contribution in [1.82, 2.24) is 4.90 Å². The van der Waals surface area contributed by atoms with Crippen LogP contribution in [-0.2, 0) is 11.3 Å². The Morgan fingerprint density at radius 2 is 1.86 bits per heavy atom. The quantitative estimate of drug-likeness (QED) is 0.815. The summed E-state index contributed by atoms with van der Waals surface area (Å²) in [6, 6.07) is 17.9. The van der Waals surface area contributed by atoms with Gasteiger partial charge in [0.05, 0.1) is 12.3 Å². The van der Waals surface area contributed by atoms with Crippen molar-refractivity contribution >= 4 is 17.7 Å². The fourth-order valence-electron chi connectivity index (χ4n) is 2.29. The van der Waals surface area contributed by atoms with E-state index in [0.717, 1.165) is 16.2 Å². The summed E-state index contributed by atoms with van der Waals surface area (Å²) in [6.45, 7) is 1.83. The highest BCUT2D eigenvalue weighted by molar-refractivity contribution is 8.00. The summed E-state index contributed by atoms with van der Waals surface area (Å²) in [6.07, 6.45) is 0. The molecule has 0 aliphatic carbocycles. The summed E-state index contributed by atoms with van der Waals surface area (Å²) >= 11 is 1.58. The molecule has 0 bridgehead atoms. The lowest BCUT2D eigenvalue weighted by molar-refractivity contribution is -0.129. The van der Waals surface area contributed by atoms with E-state index in [1.165, 1.54) is 0 Å². The van der Waals surface area contributed by atoms with Crippen LogP contribution < -0.4 is 4.74 Å². The van der Waals surface area contributed by atoms with Crippen LogP contribution >= 0.6 is 11.8 Å². The van der Waals surface area contributed by atoms with E-state index in [1.54, 1.807) is 11.8 Å². The fraction of sp³-hybridized carbons (Fsp3) is 0.235. The average Bonchev–Trinajstić information content (AvgIpc) is 2.76. The van der Waals surface area contributed by atoms with E-state index in [0.29, 0.717) is 25.4 Å². The van der Waals surface area contributed by atoms with Gasteiger partial charge in [0.1, 0.15) is 12.4 Å². The molecule has 1 aliphatic heterocycles. The molecule has 21 heavy (non-hydrogen) atoms. The number of hydrogen-bond donors (Lipinski definition) is 0. The summed E-state index contributed by atoms with van der Waals surface area (Å²) in [5.41, 5.74) is 1.08. The van der Waals surface area contributed by atoms with Gasteiger partial charge < -0.3 is 9.64 Å². The van der Waals surface area contributed by atoms with Crippen molar-refractivity contribution in [2.75, 3.05) is 18.9 Å². The van der Waals surface area contributed by atoms with Crippen LogP contribution in [0.2, 0.25) is 0 Å².